The van der Waals surface area contributed by atoms with Gasteiger partial charge in [-0.1, -0.05) is 42.1 Å². The minimum absolute atomic E-state index is 0.106. The highest BCUT2D eigenvalue weighted by Crippen LogP contribution is 2.31. The van der Waals surface area contributed by atoms with Crippen molar-refractivity contribution >= 4 is 17.5 Å². The number of carbonyl (C=O) groups excluding carboxylic acids is 1. The summed E-state index contributed by atoms with van der Waals surface area (Å²) < 4.78 is 26.7. The second-order valence-electron chi connectivity index (χ2n) is 6.74. The summed E-state index contributed by atoms with van der Waals surface area (Å²) in [5, 5.41) is 8.97. The van der Waals surface area contributed by atoms with E-state index in [0.717, 1.165) is 5.69 Å². The van der Waals surface area contributed by atoms with E-state index in [1.807, 2.05) is 30.3 Å². The Kier molecular flexibility index (Phi) is 6.51. The minimum atomic E-state index is -0.393. The molecular formula is C24H20FN3O3S. The molecule has 0 saturated carbocycles. The molecule has 0 aliphatic heterocycles. The van der Waals surface area contributed by atoms with Crippen LogP contribution >= 0.6 is 11.8 Å². The number of Topliss-reactive ketones (excluding diaryl/α,β-unsaturated/α-hetero) is 1. The number of hydrogen-bond donors (Lipinski definition) is 0. The summed E-state index contributed by atoms with van der Waals surface area (Å²) >= 11 is 1.23. The van der Waals surface area contributed by atoms with Gasteiger partial charge in [0.1, 0.15) is 5.82 Å². The van der Waals surface area contributed by atoms with E-state index in [1.165, 1.54) is 24.9 Å². The van der Waals surface area contributed by atoms with E-state index in [1.54, 1.807) is 48.1 Å². The van der Waals surface area contributed by atoms with Crippen LogP contribution in [0.15, 0.2) is 78.0 Å². The molecular weight excluding hydrogens is 429 g/mol. The first-order valence-electron chi connectivity index (χ1n) is 9.76. The highest BCUT2D eigenvalue weighted by Gasteiger charge is 2.20. The third-order valence-corrected chi connectivity index (χ3v) is 5.73. The Balaban J connectivity index is 1.65. The number of halogens is 1. The van der Waals surface area contributed by atoms with E-state index in [2.05, 4.69) is 10.2 Å². The van der Waals surface area contributed by atoms with E-state index < -0.39 is 5.82 Å². The van der Waals surface area contributed by atoms with E-state index in [-0.39, 0.29) is 11.5 Å². The van der Waals surface area contributed by atoms with E-state index in [9.17, 15) is 9.18 Å². The molecule has 0 N–H and O–H groups in total. The van der Waals surface area contributed by atoms with Crippen molar-refractivity contribution in [1.82, 2.24) is 14.8 Å². The Morgan fingerprint density at radius 3 is 2.38 bits per heavy atom. The molecule has 4 rings (SSSR count). The fraction of sp³-hybridized carbons (Fsp3) is 0.125. The lowest BCUT2D eigenvalue weighted by Crippen LogP contribution is -2.06. The summed E-state index contributed by atoms with van der Waals surface area (Å²) in [5.41, 5.74) is 1.61. The molecule has 0 saturated heterocycles. The molecule has 6 nitrogen and oxygen atoms in total. The lowest BCUT2D eigenvalue weighted by atomic mass is 10.1. The Labute approximate surface area is 189 Å². The average molecular weight is 450 g/mol. The van der Waals surface area contributed by atoms with Crippen LogP contribution in [0.5, 0.6) is 11.5 Å². The number of nitrogens with zero attached hydrogens (tertiary/aromatic N) is 3. The molecule has 0 amide bonds. The van der Waals surface area contributed by atoms with Crippen molar-refractivity contribution in [1.29, 1.82) is 0 Å². The smallest absolute Gasteiger partial charge is 0.196 e. The van der Waals surface area contributed by atoms with E-state index >= 15 is 0 Å². The molecule has 32 heavy (non-hydrogen) atoms. The molecule has 0 radical (unpaired) electrons. The molecule has 0 spiro atoms. The van der Waals surface area contributed by atoms with Crippen molar-refractivity contribution in [3.05, 3.63) is 84.2 Å². The van der Waals surface area contributed by atoms with Crippen LogP contribution in [-0.2, 0) is 0 Å². The van der Waals surface area contributed by atoms with Crippen LogP contribution in [0.25, 0.3) is 17.1 Å². The Morgan fingerprint density at radius 1 is 0.938 bits per heavy atom. The molecule has 0 aliphatic rings. The van der Waals surface area contributed by atoms with Gasteiger partial charge in [0.2, 0.25) is 0 Å². The predicted octanol–water partition coefficient (Wildman–Crippen LogP) is 5.07. The summed E-state index contributed by atoms with van der Waals surface area (Å²) in [6.45, 7) is 0. The van der Waals surface area contributed by atoms with Crippen LogP contribution in [0, 0.1) is 5.82 Å². The SMILES string of the molecule is COc1ccc(C(=O)CSc2nnc(-c3ccccc3F)n2-c2ccccc2)cc1OC. The third-order valence-electron chi connectivity index (χ3n) is 4.80. The van der Waals surface area contributed by atoms with Gasteiger partial charge in [0.15, 0.2) is 28.3 Å². The number of thioether (sulfide) groups is 1. The van der Waals surface area contributed by atoms with Crippen LogP contribution in [0.3, 0.4) is 0 Å². The maximum atomic E-state index is 14.5. The van der Waals surface area contributed by atoms with Gasteiger partial charge in [0.25, 0.3) is 0 Å². The van der Waals surface area contributed by atoms with Crippen LogP contribution < -0.4 is 9.47 Å². The van der Waals surface area contributed by atoms with Crippen molar-refractivity contribution in [2.24, 2.45) is 0 Å². The molecule has 0 fully saturated rings. The molecule has 0 unspecified atom stereocenters. The third kappa shape index (κ3) is 4.36. The fourth-order valence-corrected chi connectivity index (χ4v) is 4.06. The number of ketones is 1. The zero-order valence-corrected chi connectivity index (χ0v) is 18.3. The molecule has 4 aromatic rings. The van der Waals surface area contributed by atoms with Gasteiger partial charge < -0.3 is 9.47 Å². The van der Waals surface area contributed by atoms with Crippen molar-refractivity contribution in [3.8, 4) is 28.6 Å². The molecule has 8 heteroatoms. The molecule has 0 bridgehead atoms. The zero-order chi connectivity index (χ0) is 22.5. The Hall–Kier alpha value is -3.65. The zero-order valence-electron chi connectivity index (χ0n) is 17.5. The number of ether oxygens (including phenoxy) is 2. The lowest BCUT2D eigenvalue weighted by Gasteiger charge is -2.11. The van der Waals surface area contributed by atoms with Gasteiger partial charge >= 0.3 is 0 Å². The summed E-state index contributed by atoms with van der Waals surface area (Å²) in [6.07, 6.45) is 0. The van der Waals surface area contributed by atoms with Crippen LogP contribution in [-0.4, -0.2) is 40.5 Å². The maximum Gasteiger partial charge on any atom is 0.196 e. The first kappa shape index (κ1) is 21.6. The summed E-state index contributed by atoms with van der Waals surface area (Å²) in [7, 11) is 3.06. The van der Waals surface area contributed by atoms with Gasteiger partial charge in [-0.3, -0.25) is 9.36 Å². The standard InChI is InChI=1S/C24H20FN3O3S/c1-30-21-13-12-16(14-22(21)31-2)20(29)15-32-24-27-26-23(18-10-6-7-11-19(18)25)28(24)17-8-4-3-5-9-17/h3-14H,15H2,1-2H3. The van der Waals surface area contributed by atoms with E-state index in [4.69, 9.17) is 9.47 Å². The van der Waals surface area contributed by atoms with Crippen LogP contribution in [0.4, 0.5) is 4.39 Å². The van der Waals surface area contributed by atoms with Gasteiger partial charge in [-0.25, -0.2) is 4.39 Å². The van der Waals surface area contributed by atoms with Gasteiger partial charge in [-0.2, -0.15) is 0 Å². The fourth-order valence-electron chi connectivity index (χ4n) is 3.21. The van der Waals surface area contributed by atoms with E-state index in [0.29, 0.717) is 33.6 Å². The van der Waals surface area contributed by atoms with Crippen molar-refractivity contribution in [3.63, 3.8) is 0 Å². The highest BCUT2D eigenvalue weighted by atomic mass is 32.2. The monoisotopic (exact) mass is 449 g/mol. The number of para-hydroxylation sites is 1. The lowest BCUT2D eigenvalue weighted by molar-refractivity contribution is 0.102. The Morgan fingerprint density at radius 2 is 1.66 bits per heavy atom. The first-order valence-corrected chi connectivity index (χ1v) is 10.7. The topological polar surface area (TPSA) is 66.2 Å². The minimum Gasteiger partial charge on any atom is -0.493 e. The van der Waals surface area contributed by atoms with Crippen LogP contribution in [0.2, 0.25) is 0 Å². The predicted molar refractivity (Wildman–Crippen MR) is 121 cm³/mol. The number of aromatic nitrogens is 3. The number of hydrogen-bond acceptors (Lipinski definition) is 6. The second-order valence-corrected chi connectivity index (χ2v) is 7.68. The quantitative estimate of drug-likeness (QED) is 0.277. The number of methoxy groups -OCH3 is 2. The summed E-state index contributed by atoms with van der Waals surface area (Å²) in [5.74, 6) is 1.03. The maximum absolute atomic E-state index is 14.5. The van der Waals surface area contributed by atoms with Gasteiger partial charge in [-0.05, 0) is 42.5 Å². The summed E-state index contributed by atoms with van der Waals surface area (Å²) in [4.78, 5) is 12.8. The Bertz CT molecular complexity index is 1240. The van der Waals surface area contributed by atoms with Gasteiger partial charge in [-0.15, -0.1) is 10.2 Å². The number of carbonyl (C=O) groups is 1. The summed E-state index contributed by atoms with van der Waals surface area (Å²) in [6, 6.07) is 20.9. The molecule has 0 atom stereocenters. The van der Waals surface area contributed by atoms with Crippen molar-refractivity contribution in [2.75, 3.05) is 20.0 Å². The molecule has 162 valence electrons. The number of benzene rings is 3. The van der Waals surface area contributed by atoms with Gasteiger partial charge in [0, 0.05) is 11.3 Å². The molecule has 1 heterocycles. The highest BCUT2D eigenvalue weighted by molar-refractivity contribution is 7.99. The normalized spacial score (nSPS) is 10.7. The average Bonchev–Trinajstić information content (AvgIpc) is 3.26. The molecule has 3 aromatic carbocycles. The van der Waals surface area contributed by atoms with Gasteiger partial charge in [0.05, 0.1) is 25.5 Å². The molecule has 1 aromatic heterocycles. The van der Waals surface area contributed by atoms with Crippen molar-refractivity contribution < 1.29 is 18.7 Å². The first-order chi connectivity index (χ1) is 15.6. The largest absolute Gasteiger partial charge is 0.493 e. The van der Waals surface area contributed by atoms with Crippen LogP contribution in [0.1, 0.15) is 10.4 Å². The number of rotatable bonds is 8. The molecule has 0 aliphatic carbocycles. The van der Waals surface area contributed by atoms with Crippen molar-refractivity contribution in [2.45, 2.75) is 5.16 Å². The second kappa shape index (κ2) is 9.65.